The van der Waals surface area contributed by atoms with E-state index in [0.29, 0.717) is 12.1 Å². The summed E-state index contributed by atoms with van der Waals surface area (Å²) in [4.78, 5) is 16.2. The van der Waals surface area contributed by atoms with Crippen molar-refractivity contribution in [1.29, 1.82) is 0 Å². The first-order chi connectivity index (χ1) is 12.9. The molecule has 1 fully saturated rings. The van der Waals surface area contributed by atoms with E-state index in [9.17, 15) is 0 Å². The summed E-state index contributed by atoms with van der Waals surface area (Å²) in [5.74, 6) is 1.77. The molecule has 0 bridgehead atoms. The highest BCUT2D eigenvalue weighted by Gasteiger charge is 2.33. The summed E-state index contributed by atoms with van der Waals surface area (Å²) < 4.78 is 0. The Balaban J connectivity index is 1.57. The van der Waals surface area contributed by atoms with Crippen molar-refractivity contribution in [1.82, 2.24) is 31.1 Å². The van der Waals surface area contributed by atoms with Crippen LogP contribution in [0.3, 0.4) is 0 Å². The lowest BCUT2D eigenvalue weighted by atomic mass is 9.84. The minimum absolute atomic E-state index is 0.244. The minimum atomic E-state index is 0.244. The molecule has 2 aliphatic heterocycles. The fourth-order valence-electron chi connectivity index (χ4n) is 3.82. The standard InChI is InChI=1S/C20H29N7/c1-20(2,3)17-8-14(25-26-17)12-27(4)19-15-10-22-11-16(15)23-18(24-19)13-6-5-7-21-9-13/h5-7,9,14,17,22,25-26H,8,10-12H2,1-4H3. The Labute approximate surface area is 161 Å². The van der Waals surface area contributed by atoms with Crippen molar-refractivity contribution in [3.05, 3.63) is 35.8 Å². The number of aromatic nitrogens is 3. The first-order valence-electron chi connectivity index (χ1n) is 9.65. The number of nitrogens with zero attached hydrogens (tertiary/aromatic N) is 4. The summed E-state index contributed by atoms with van der Waals surface area (Å²) in [6.45, 7) is 9.35. The number of hydrogen-bond donors (Lipinski definition) is 3. The maximum absolute atomic E-state index is 4.91. The van der Waals surface area contributed by atoms with E-state index >= 15 is 0 Å². The Kier molecular flexibility index (Phi) is 4.84. The Morgan fingerprint density at radius 1 is 1.19 bits per heavy atom. The summed E-state index contributed by atoms with van der Waals surface area (Å²) in [7, 11) is 2.13. The molecule has 4 rings (SSSR count). The molecule has 27 heavy (non-hydrogen) atoms. The number of hydrazine groups is 1. The smallest absolute Gasteiger partial charge is 0.163 e. The molecule has 1 saturated heterocycles. The van der Waals surface area contributed by atoms with Gasteiger partial charge in [0.1, 0.15) is 5.82 Å². The molecule has 7 nitrogen and oxygen atoms in total. The molecule has 0 radical (unpaired) electrons. The molecular formula is C20H29N7. The normalized spacial score (nSPS) is 22.1. The van der Waals surface area contributed by atoms with Crippen LogP contribution in [0.4, 0.5) is 5.82 Å². The van der Waals surface area contributed by atoms with Crippen LogP contribution in [-0.4, -0.2) is 40.6 Å². The summed E-state index contributed by atoms with van der Waals surface area (Å²) >= 11 is 0. The number of likely N-dealkylation sites (N-methyl/N-ethyl adjacent to an activating group) is 1. The zero-order valence-corrected chi connectivity index (χ0v) is 16.6. The van der Waals surface area contributed by atoms with E-state index in [2.05, 4.69) is 53.9 Å². The molecule has 0 saturated carbocycles. The van der Waals surface area contributed by atoms with Gasteiger partial charge in [0, 0.05) is 62.3 Å². The van der Waals surface area contributed by atoms with Gasteiger partial charge in [0.15, 0.2) is 5.82 Å². The second-order valence-electron chi connectivity index (χ2n) is 8.66. The highest BCUT2D eigenvalue weighted by Crippen LogP contribution is 2.29. The van der Waals surface area contributed by atoms with Crippen LogP contribution in [0.2, 0.25) is 0 Å². The predicted octanol–water partition coefficient (Wildman–Crippen LogP) is 1.86. The van der Waals surface area contributed by atoms with E-state index in [1.54, 1.807) is 6.20 Å². The highest BCUT2D eigenvalue weighted by atomic mass is 15.4. The van der Waals surface area contributed by atoms with Gasteiger partial charge in [-0.15, -0.1) is 0 Å². The van der Waals surface area contributed by atoms with Crippen LogP contribution in [0, 0.1) is 5.41 Å². The molecule has 2 aromatic rings. The number of pyridine rings is 1. The van der Waals surface area contributed by atoms with Crippen molar-refractivity contribution in [2.45, 2.75) is 52.4 Å². The summed E-state index contributed by atoms with van der Waals surface area (Å²) in [6, 6.07) is 4.80. The van der Waals surface area contributed by atoms with Crippen LogP contribution in [-0.2, 0) is 13.1 Å². The van der Waals surface area contributed by atoms with Gasteiger partial charge in [-0.2, -0.15) is 0 Å². The second kappa shape index (κ2) is 7.14. The van der Waals surface area contributed by atoms with Gasteiger partial charge >= 0.3 is 0 Å². The Bertz CT molecular complexity index is 800. The van der Waals surface area contributed by atoms with Gasteiger partial charge in [-0.3, -0.25) is 15.8 Å². The molecule has 4 heterocycles. The average Bonchev–Trinajstić information content (AvgIpc) is 3.30. The van der Waals surface area contributed by atoms with E-state index in [4.69, 9.17) is 9.97 Å². The summed E-state index contributed by atoms with van der Waals surface area (Å²) in [5.41, 5.74) is 10.4. The van der Waals surface area contributed by atoms with E-state index in [-0.39, 0.29) is 5.41 Å². The third-order valence-corrected chi connectivity index (χ3v) is 5.47. The second-order valence-corrected chi connectivity index (χ2v) is 8.66. The third-order valence-electron chi connectivity index (χ3n) is 5.47. The van der Waals surface area contributed by atoms with Gasteiger partial charge < -0.3 is 10.2 Å². The Morgan fingerprint density at radius 3 is 2.74 bits per heavy atom. The zero-order chi connectivity index (χ0) is 19.0. The van der Waals surface area contributed by atoms with E-state index < -0.39 is 0 Å². The predicted molar refractivity (Wildman–Crippen MR) is 107 cm³/mol. The zero-order valence-electron chi connectivity index (χ0n) is 16.6. The number of anilines is 1. The minimum Gasteiger partial charge on any atom is -0.358 e. The lowest BCUT2D eigenvalue weighted by Crippen LogP contribution is -2.42. The Morgan fingerprint density at radius 2 is 2.04 bits per heavy atom. The lowest BCUT2D eigenvalue weighted by Gasteiger charge is -2.27. The Hall–Kier alpha value is -2.09. The van der Waals surface area contributed by atoms with Gasteiger partial charge in [0.2, 0.25) is 0 Å². The molecular weight excluding hydrogens is 338 g/mol. The summed E-state index contributed by atoms with van der Waals surface area (Å²) in [5, 5.41) is 3.41. The monoisotopic (exact) mass is 367 g/mol. The van der Waals surface area contributed by atoms with Crippen LogP contribution >= 0.6 is 0 Å². The van der Waals surface area contributed by atoms with Crippen molar-refractivity contribution in [3.63, 3.8) is 0 Å². The van der Waals surface area contributed by atoms with Crippen molar-refractivity contribution in [3.8, 4) is 11.4 Å². The first-order valence-corrected chi connectivity index (χ1v) is 9.65. The number of rotatable bonds is 4. The molecule has 0 spiro atoms. The van der Waals surface area contributed by atoms with Gasteiger partial charge in [-0.05, 0) is 24.0 Å². The first kappa shape index (κ1) is 18.3. The van der Waals surface area contributed by atoms with Gasteiger partial charge in [-0.1, -0.05) is 20.8 Å². The maximum Gasteiger partial charge on any atom is 0.163 e. The maximum atomic E-state index is 4.91. The fraction of sp³-hybridized carbons (Fsp3) is 0.550. The van der Waals surface area contributed by atoms with E-state index in [0.717, 1.165) is 49.0 Å². The van der Waals surface area contributed by atoms with Gasteiger partial charge in [0.05, 0.1) is 5.69 Å². The number of hydrogen-bond acceptors (Lipinski definition) is 7. The molecule has 0 amide bonds. The molecule has 3 N–H and O–H groups in total. The summed E-state index contributed by atoms with van der Waals surface area (Å²) in [6.07, 6.45) is 4.70. The lowest BCUT2D eigenvalue weighted by molar-refractivity contribution is 0.286. The van der Waals surface area contributed by atoms with Gasteiger partial charge in [0.25, 0.3) is 0 Å². The van der Waals surface area contributed by atoms with Crippen molar-refractivity contribution < 1.29 is 0 Å². The van der Waals surface area contributed by atoms with Gasteiger partial charge in [-0.25, -0.2) is 9.97 Å². The SMILES string of the molecule is CN(CC1CC(C(C)(C)C)NN1)c1nc(-c2cccnc2)nc2c1CNC2. The van der Waals surface area contributed by atoms with Crippen LogP contribution in [0.25, 0.3) is 11.4 Å². The van der Waals surface area contributed by atoms with Crippen molar-refractivity contribution in [2.24, 2.45) is 5.41 Å². The molecule has 0 aromatic carbocycles. The molecule has 2 atom stereocenters. The quantitative estimate of drug-likeness (QED) is 0.761. The van der Waals surface area contributed by atoms with Crippen molar-refractivity contribution >= 4 is 5.82 Å². The highest BCUT2D eigenvalue weighted by molar-refractivity contribution is 5.60. The molecule has 2 unspecified atom stereocenters. The van der Waals surface area contributed by atoms with E-state index in [1.807, 2.05) is 18.3 Å². The molecule has 0 aliphatic carbocycles. The van der Waals surface area contributed by atoms with E-state index in [1.165, 1.54) is 5.56 Å². The topological polar surface area (TPSA) is 78.0 Å². The van der Waals surface area contributed by atoms with Crippen molar-refractivity contribution in [2.75, 3.05) is 18.5 Å². The third kappa shape index (κ3) is 3.81. The number of nitrogens with one attached hydrogen (secondary N) is 3. The van der Waals surface area contributed by atoms with Crippen LogP contribution in [0.5, 0.6) is 0 Å². The number of fused-ring (bicyclic) bond motifs is 1. The largest absolute Gasteiger partial charge is 0.358 e. The van der Waals surface area contributed by atoms with Crippen LogP contribution < -0.4 is 21.1 Å². The molecule has 144 valence electrons. The van der Waals surface area contributed by atoms with Crippen LogP contribution in [0.1, 0.15) is 38.4 Å². The molecule has 2 aromatic heterocycles. The van der Waals surface area contributed by atoms with Crippen LogP contribution in [0.15, 0.2) is 24.5 Å². The molecule has 2 aliphatic rings. The fourth-order valence-corrected chi connectivity index (χ4v) is 3.82. The molecule has 7 heteroatoms. The average molecular weight is 368 g/mol.